The Morgan fingerprint density at radius 3 is 2.40 bits per heavy atom. The minimum atomic E-state index is -3.80. The molecule has 1 heterocycles. The predicted molar refractivity (Wildman–Crippen MR) is 95.0 cm³/mol. The highest BCUT2D eigenvalue weighted by Gasteiger charge is 2.19. The molecule has 0 spiro atoms. The van der Waals surface area contributed by atoms with Gasteiger partial charge in [0.1, 0.15) is 0 Å². The molecule has 3 rings (SSSR count). The van der Waals surface area contributed by atoms with Crippen molar-refractivity contribution in [2.45, 2.75) is 25.7 Å². The number of rotatable bonds is 4. The van der Waals surface area contributed by atoms with E-state index in [1.54, 1.807) is 44.2 Å². The highest BCUT2D eigenvalue weighted by Crippen LogP contribution is 2.25. The molecule has 0 aliphatic heterocycles. The van der Waals surface area contributed by atoms with Crippen LogP contribution in [0.2, 0.25) is 0 Å². The van der Waals surface area contributed by atoms with Crippen molar-refractivity contribution in [2.24, 2.45) is 0 Å². The second-order valence-corrected chi connectivity index (χ2v) is 7.41. The zero-order valence-corrected chi connectivity index (χ0v) is 14.8. The number of fused-ring (bicyclic) bond motifs is 1. The Kier molecular flexibility index (Phi) is 4.22. The van der Waals surface area contributed by atoms with Crippen molar-refractivity contribution in [3.8, 4) is 0 Å². The average molecular weight is 359 g/mol. The molecule has 0 radical (unpaired) electrons. The molecule has 0 saturated heterocycles. The Morgan fingerprint density at radius 2 is 1.76 bits per heavy atom. The molecule has 2 aromatic carbocycles. The molecule has 1 amide bonds. The second-order valence-electron chi connectivity index (χ2n) is 5.73. The van der Waals surface area contributed by atoms with Crippen LogP contribution in [0.25, 0.3) is 10.8 Å². The average Bonchev–Trinajstić information content (AvgIpc) is 2.85. The van der Waals surface area contributed by atoms with Gasteiger partial charge in [-0.3, -0.25) is 4.79 Å². The molecule has 2 N–H and O–H groups in total. The van der Waals surface area contributed by atoms with Crippen LogP contribution in [0.15, 0.2) is 45.8 Å². The molecule has 7 nitrogen and oxygen atoms in total. The number of carbonyl (C=O) groups is 1. The third kappa shape index (κ3) is 3.48. The van der Waals surface area contributed by atoms with Gasteiger partial charge in [0.25, 0.3) is 10.0 Å². The quantitative estimate of drug-likeness (QED) is 0.745. The van der Waals surface area contributed by atoms with E-state index in [4.69, 9.17) is 4.52 Å². The summed E-state index contributed by atoms with van der Waals surface area (Å²) in [5, 5.41) is 7.99. The van der Waals surface area contributed by atoms with Gasteiger partial charge in [-0.1, -0.05) is 17.3 Å². The molecule has 3 aromatic rings. The minimum Gasteiger partial charge on any atom is -0.337 e. The number of aromatic nitrogens is 1. The summed E-state index contributed by atoms with van der Waals surface area (Å²) in [6.07, 6.45) is 0. The molecule has 0 atom stereocenters. The fourth-order valence-corrected chi connectivity index (χ4v) is 3.45. The normalized spacial score (nSPS) is 11.5. The van der Waals surface area contributed by atoms with Crippen LogP contribution >= 0.6 is 0 Å². The van der Waals surface area contributed by atoms with Gasteiger partial charge in [-0.25, -0.2) is 13.1 Å². The van der Waals surface area contributed by atoms with Crippen molar-refractivity contribution < 1.29 is 17.7 Å². The van der Waals surface area contributed by atoms with E-state index in [0.29, 0.717) is 16.9 Å². The van der Waals surface area contributed by atoms with Gasteiger partial charge in [0.05, 0.1) is 10.6 Å². The van der Waals surface area contributed by atoms with Gasteiger partial charge in [-0.05, 0) is 48.9 Å². The Balaban J connectivity index is 1.95. The van der Waals surface area contributed by atoms with E-state index in [2.05, 4.69) is 15.2 Å². The number of hydrogen-bond donors (Lipinski definition) is 2. The van der Waals surface area contributed by atoms with Crippen molar-refractivity contribution >= 4 is 38.3 Å². The zero-order valence-electron chi connectivity index (χ0n) is 14.0. The first-order valence-corrected chi connectivity index (χ1v) is 9.02. The molecule has 1 aromatic heterocycles. The molecular weight excluding hydrogens is 342 g/mol. The monoisotopic (exact) mass is 359 g/mol. The highest BCUT2D eigenvalue weighted by molar-refractivity contribution is 7.92. The summed E-state index contributed by atoms with van der Waals surface area (Å²) in [5.41, 5.74) is 1.92. The van der Waals surface area contributed by atoms with Gasteiger partial charge in [-0.2, -0.15) is 0 Å². The van der Waals surface area contributed by atoms with Gasteiger partial charge in [0, 0.05) is 18.2 Å². The standard InChI is InChI=1S/C17H17N3O4S/c1-10-11(2)19-24-17(10)20-25(22,23)16-7-5-13-8-15(18-12(3)21)6-4-14(13)9-16/h4-9,20H,1-3H3,(H,18,21). The number of hydrogen-bond acceptors (Lipinski definition) is 5. The highest BCUT2D eigenvalue weighted by atomic mass is 32.2. The molecule has 0 unspecified atom stereocenters. The van der Waals surface area contributed by atoms with Crippen molar-refractivity contribution in [3.05, 3.63) is 47.7 Å². The number of carbonyl (C=O) groups excluding carboxylic acids is 1. The number of nitrogens with zero attached hydrogens (tertiary/aromatic N) is 1. The summed E-state index contributed by atoms with van der Waals surface area (Å²) in [6, 6.07) is 10.0. The Bertz CT molecular complexity index is 1070. The molecule has 0 aliphatic rings. The molecule has 8 heteroatoms. The summed E-state index contributed by atoms with van der Waals surface area (Å²) < 4.78 is 32.6. The topological polar surface area (TPSA) is 101 Å². The van der Waals surface area contributed by atoms with Crippen LogP contribution in [0.4, 0.5) is 11.6 Å². The van der Waals surface area contributed by atoms with Crippen molar-refractivity contribution in [1.29, 1.82) is 0 Å². The third-order valence-corrected chi connectivity index (χ3v) is 5.16. The SMILES string of the molecule is CC(=O)Nc1ccc2cc(S(=O)(=O)Nc3onc(C)c3C)ccc2c1. The molecule has 0 saturated carbocycles. The largest absolute Gasteiger partial charge is 0.337 e. The zero-order chi connectivity index (χ0) is 18.2. The van der Waals surface area contributed by atoms with Gasteiger partial charge in [0.2, 0.25) is 11.8 Å². The number of aryl methyl sites for hydroxylation is 1. The molecular formula is C17H17N3O4S. The van der Waals surface area contributed by atoms with E-state index < -0.39 is 10.0 Å². The van der Waals surface area contributed by atoms with Crippen LogP contribution in [0.1, 0.15) is 18.2 Å². The van der Waals surface area contributed by atoms with Crippen LogP contribution in [0.3, 0.4) is 0 Å². The lowest BCUT2D eigenvalue weighted by Gasteiger charge is -2.08. The molecule has 25 heavy (non-hydrogen) atoms. The molecule has 0 aliphatic carbocycles. The summed E-state index contributed by atoms with van der Waals surface area (Å²) in [7, 11) is -3.80. The summed E-state index contributed by atoms with van der Waals surface area (Å²) >= 11 is 0. The van der Waals surface area contributed by atoms with E-state index in [1.165, 1.54) is 13.0 Å². The lowest BCUT2D eigenvalue weighted by atomic mass is 10.1. The van der Waals surface area contributed by atoms with Crippen molar-refractivity contribution in [1.82, 2.24) is 5.16 Å². The van der Waals surface area contributed by atoms with Crippen molar-refractivity contribution in [3.63, 3.8) is 0 Å². The van der Waals surface area contributed by atoms with E-state index in [1.807, 2.05) is 0 Å². The van der Waals surface area contributed by atoms with Gasteiger partial charge in [-0.15, -0.1) is 0 Å². The van der Waals surface area contributed by atoms with Gasteiger partial charge < -0.3 is 9.84 Å². The smallest absolute Gasteiger partial charge is 0.264 e. The first-order chi connectivity index (χ1) is 11.8. The maximum absolute atomic E-state index is 12.6. The number of benzene rings is 2. The summed E-state index contributed by atoms with van der Waals surface area (Å²) in [5.74, 6) is -0.0564. The van der Waals surface area contributed by atoms with Gasteiger partial charge in [0.15, 0.2) is 0 Å². The lowest BCUT2D eigenvalue weighted by molar-refractivity contribution is -0.114. The lowest BCUT2D eigenvalue weighted by Crippen LogP contribution is -2.13. The number of sulfonamides is 1. The van der Waals surface area contributed by atoms with E-state index in [0.717, 1.165) is 10.8 Å². The number of nitrogens with one attached hydrogen (secondary N) is 2. The fraction of sp³-hybridized carbons (Fsp3) is 0.176. The molecule has 0 fully saturated rings. The van der Waals surface area contributed by atoms with Crippen LogP contribution in [0.5, 0.6) is 0 Å². The Hall–Kier alpha value is -2.87. The van der Waals surface area contributed by atoms with Gasteiger partial charge >= 0.3 is 0 Å². The Labute approximate surface area is 145 Å². The van der Waals surface area contributed by atoms with Crippen LogP contribution in [-0.4, -0.2) is 19.5 Å². The van der Waals surface area contributed by atoms with E-state index in [-0.39, 0.29) is 16.7 Å². The van der Waals surface area contributed by atoms with Crippen LogP contribution < -0.4 is 10.0 Å². The first-order valence-electron chi connectivity index (χ1n) is 7.53. The predicted octanol–water partition coefficient (Wildman–Crippen LogP) is 3.20. The van der Waals surface area contributed by atoms with Crippen LogP contribution in [0, 0.1) is 13.8 Å². The fourth-order valence-electron chi connectivity index (χ4n) is 2.36. The summed E-state index contributed by atoms with van der Waals surface area (Å²) in [4.78, 5) is 11.2. The summed E-state index contributed by atoms with van der Waals surface area (Å²) in [6.45, 7) is 4.89. The van der Waals surface area contributed by atoms with E-state index >= 15 is 0 Å². The first kappa shape index (κ1) is 17.0. The number of amides is 1. The third-order valence-electron chi connectivity index (χ3n) is 3.83. The maximum Gasteiger partial charge on any atom is 0.264 e. The maximum atomic E-state index is 12.6. The molecule has 0 bridgehead atoms. The van der Waals surface area contributed by atoms with Crippen LogP contribution in [-0.2, 0) is 14.8 Å². The van der Waals surface area contributed by atoms with Crippen molar-refractivity contribution in [2.75, 3.05) is 10.0 Å². The Morgan fingerprint density at radius 1 is 1.08 bits per heavy atom. The minimum absolute atomic E-state index is 0.110. The second kappa shape index (κ2) is 6.21. The molecule has 130 valence electrons. The van der Waals surface area contributed by atoms with E-state index in [9.17, 15) is 13.2 Å². The number of anilines is 2.